The number of aromatic nitrogens is 1. The van der Waals surface area contributed by atoms with Crippen LogP contribution in [-0.4, -0.2) is 46.9 Å². The van der Waals surface area contributed by atoms with Crippen molar-refractivity contribution in [2.45, 2.75) is 39.7 Å². The summed E-state index contributed by atoms with van der Waals surface area (Å²) in [5, 5.41) is 3.24. The molecular weight excluding hydrogens is 366 g/mol. The number of piperazine rings is 1. The Morgan fingerprint density at radius 2 is 1.73 bits per heavy atom. The molecule has 0 N–H and O–H groups in total. The number of carbonyl (C=O) groups is 1. The highest BCUT2D eigenvalue weighted by molar-refractivity contribution is 7.09. The van der Waals surface area contributed by atoms with Crippen LogP contribution in [0.1, 0.15) is 47.4 Å². The predicted molar refractivity (Wildman–Crippen MR) is 103 cm³/mol. The fraction of sp³-hybridized carbons (Fsp3) is 0.500. The molecule has 1 fully saturated rings. The second-order valence-electron chi connectivity index (χ2n) is 7.75. The molecule has 1 saturated heterocycles. The predicted octanol–water partition coefficient (Wildman–Crippen LogP) is 0.711. The molecule has 0 aliphatic carbocycles. The Morgan fingerprint density at radius 1 is 1.12 bits per heavy atom. The molecule has 6 heteroatoms. The molecule has 1 amide bonds. The lowest BCUT2D eigenvalue weighted by Gasteiger charge is -2.34. The summed E-state index contributed by atoms with van der Waals surface area (Å²) in [6.45, 7) is 12.9. The summed E-state index contributed by atoms with van der Waals surface area (Å²) in [7, 11) is 0. The van der Waals surface area contributed by atoms with Gasteiger partial charge in [0.25, 0.3) is 5.91 Å². The standard InChI is InChI=1S/C20H27N3OS.ClH/c1-15-21-18(14-25-15)13-22-9-11-23(12-10-22)19(24)16-5-7-17(8-6-16)20(2,3)4;/h5-8,14H,9-13H2,1-4H3;1H/p-1. The van der Waals surface area contributed by atoms with Crippen molar-refractivity contribution in [3.63, 3.8) is 0 Å². The number of halogens is 1. The van der Waals surface area contributed by atoms with Crippen LogP contribution in [0, 0.1) is 6.92 Å². The normalized spacial score (nSPS) is 15.6. The van der Waals surface area contributed by atoms with E-state index < -0.39 is 0 Å². The topological polar surface area (TPSA) is 36.4 Å². The molecule has 0 atom stereocenters. The Hall–Kier alpha value is -1.43. The maximum Gasteiger partial charge on any atom is 0.253 e. The second kappa shape index (κ2) is 8.51. The van der Waals surface area contributed by atoms with E-state index in [0.29, 0.717) is 0 Å². The van der Waals surface area contributed by atoms with E-state index in [1.807, 2.05) is 24.0 Å². The van der Waals surface area contributed by atoms with Crippen LogP contribution >= 0.6 is 11.3 Å². The molecule has 0 spiro atoms. The van der Waals surface area contributed by atoms with Gasteiger partial charge in [-0.1, -0.05) is 32.9 Å². The van der Waals surface area contributed by atoms with Crippen molar-refractivity contribution in [3.05, 3.63) is 51.5 Å². The lowest BCUT2D eigenvalue weighted by molar-refractivity contribution is -0.0000166. The lowest BCUT2D eigenvalue weighted by atomic mass is 9.86. The van der Waals surface area contributed by atoms with Crippen LogP contribution in [0.15, 0.2) is 29.6 Å². The van der Waals surface area contributed by atoms with Crippen LogP contribution in [0.2, 0.25) is 0 Å². The molecule has 1 aromatic heterocycles. The molecule has 26 heavy (non-hydrogen) atoms. The number of rotatable bonds is 3. The van der Waals surface area contributed by atoms with Crippen molar-refractivity contribution in [2.24, 2.45) is 0 Å². The summed E-state index contributed by atoms with van der Waals surface area (Å²) >= 11 is 1.70. The van der Waals surface area contributed by atoms with Crippen LogP contribution in [0.25, 0.3) is 0 Å². The maximum atomic E-state index is 12.7. The molecule has 0 unspecified atom stereocenters. The first-order valence-electron chi connectivity index (χ1n) is 8.86. The van der Waals surface area contributed by atoms with Crippen LogP contribution < -0.4 is 12.4 Å². The monoisotopic (exact) mass is 392 g/mol. The number of amides is 1. The van der Waals surface area contributed by atoms with E-state index >= 15 is 0 Å². The van der Waals surface area contributed by atoms with Crippen molar-refractivity contribution < 1.29 is 17.2 Å². The number of hydrogen-bond donors (Lipinski definition) is 0. The highest BCUT2D eigenvalue weighted by Crippen LogP contribution is 2.22. The minimum absolute atomic E-state index is 0. The third-order valence-corrected chi connectivity index (χ3v) is 5.53. The van der Waals surface area contributed by atoms with Gasteiger partial charge in [0, 0.05) is 43.7 Å². The van der Waals surface area contributed by atoms with Crippen LogP contribution in [0.5, 0.6) is 0 Å². The fourth-order valence-electron chi connectivity index (χ4n) is 3.11. The van der Waals surface area contributed by atoms with Crippen LogP contribution in [0.4, 0.5) is 0 Å². The molecule has 2 aromatic rings. The van der Waals surface area contributed by atoms with E-state index in [1.165, 1.54) is 5.56 Å². The Balaban J connectivity index is 0.00000243. The first-order valence-corrected chi connectivity index (χ1v) is 9.74. The van der Waals surface area contributed by atoms with Crippen LogP contribution in [-0.2, 0) is 12.0 Å². The van der Waals surface area contributed by atoms with E-state index in [-0.39, 0.29) is 23.7 Å². The zero-order valence-corrected chi connectivity index (χ0v) is 17.5. The van der Waals surface area contributed by atoms with Gasteiger partial charge in [0.05, 0.1) is 10.7 Å². The highest BCUT2D eigenvalue weighted by atomic mass is 35.5. The quantitative estimate of drug-likeness (QED) is 0.772. The van der Waals surface area contributed by atoms with Crippen LogP contribution in [0.3, 0.4) is 0 Å². The number of thiazole rings is 1. The third kappa shape index (κ3) is 5.06. The minimum atomic E-state index is 0. The smallest absolute Gasteiger partial charge is 0.253 e. The maximum absolute atomic E-state index is 12.7. The fourth-order valence-corrected chi connectivity index (χ4v) is 3.72. The summed E-state index contributed by atoms with van der Waals surface area (Å²) < 4.78 is 0. The Bertz CT molecular complexity index is 728. The molecular formula is C20H27ClN3OS-. The lowest BCUT2D eigenvalue weighted by Crippen LogP contribution is -3.00. The largest absolute Gasteiger partial charge is 1.00 e. The van der Waals surface area contributed by atoms with Gasteiger partial charge in [0.1, 0.15) is 0 Å². The average Bonchev–Trinajstić information content (AvgIpc) is 2.99. The molecule has 4 nitrogen and oxygen atoms in total. The van der Waals surface area contributed by atoms with E-state index in [1.54, 1.807) is 11.3 Å². The minimum Gasteiger partial charge on any atom is -1.00 e. The van der Waals surface area contributed by atoms with Crippen molar-refractivity contribution in [1.82, 2.24) is 14.8 Å². The molecule has 2 heterocycles. The van der Waals surface area contributed by atoms with Gasteiger partial charge in [-0.25, -0.2) is 4.98 Å². The van der Waals surface area contributed by atoms with Gasteiger partial charge in [0.2, 0.25) is 0 Å². The second-order valence-corrected chi connectivity index (χ2v) is 8.82. The summed E-state index contributed by atoms with van der Waals surface area (Å²) in [5.74, 6) is 0.143. The van der Waals surface area contributed by atoms with Crippen molar-refractivity contribution in [1.29, 1.82) is 0 Å². The Morgan fingerprint density at radius 3 is 2.23 bits per heavy atom. The van der Waals surface area contributed by atoms with Gasteiger partial charge in [-0.2, -0.15) is 0 Å². The molecule has 1 aliphatic heterocycles. The molecule has 3 rings (SSSR count). The van der Waals surface area contributed by atoms with Gasteiger partial charge in [-0.3, -0.25) is 9.69 Å². The number of hydrogen-bond acceptors (Lipinski definition) is 4. The van der Waals surface area contributed by atoms with Gasteiger partial charge >= 0.3 is 0 Å². The van der Waals surface area contributed by atoms with Crippen molar-refractivity contribution in [2.75, 3.05) is 26.2 Å². The zero-order valence-electron chi connectivity index (χ0n) is 16.0. The molecule has 1 aliphatic rings. The van der Waals surface area contributed by atoms with Gasteiger partial charge in [-0.05, 0) is 30.0 Å². The Kier molecular flexibility index (Phi) is 6.83. The summed E-state index contributed by atoms with van der Waals surface area (Å²) in [4.78, 5) is 21.6. The van der Waals surface area contributed by atoms with E-state index in [2.05, 4.69) is 48.2 Å². The molecule has 0 saturated carbocycles. The molecule has 0 radical (unpaired) electrons. The first-order chi connectivity index (χ1) is 11.8. The number of nitrogens with zero attached hydrogens (tertiary/aromatic N) is 3. The summed E-state index contributed by atoms with van der Waals surface area (Å²) in [6, 6.07) is 8.09. The highest BCUT2D eigenvalue weighted by Gasteiger charge is 2.23. The zero-order chi connectivity index (χ0) is 18.0. The van der Waals surface area contributed by atoms with Crippen molar-refractivity contribution in [3.8, 4) is 0 Å². The summed E-state index contributed by atoms with van der Waals surface area (Å²) in [6.07, 6.45) is 0. The molecule has 1 aromatic carbocycles. The Labute approximate surface area is 166 Å². The average molecular weight is 393 g/mol. The summed E-state index contributed by atoms with van der Waals surface area (Å²) in [5.41, 5.74) is 3.30. The van der Waals surface area contributed by atoms with Gasteiger partial charge in [-0.15, -0.1) is 11.3 Å². The van der Waals surface area contributed by atoms with E-state index in [9.17, 15) is 4.79 Å². The number of benzene rings is 1. The molecule has 142 valence electrons. The van der Waals surface area contributed by atoms with E-state index in [4.69, 9.17) is 0 Å². The van der Waals surface area contributed by atoms with Gasteiger partial charge in [0.15, 0.2) is 0 Å². The SMILES string of the molecule is Cc1nc(CN2CCN(C(=O)c3ccc(C(C)(C)C)cc3)CC2)cs1.[Cl-]. The van der Waals surface area contributed by atoms with E-state index in [0.717, 1.165) is 49.0 Å². The number of carbonyl (C=O) groups excluding carboxylic acids is 1. The molecule has 0 bridgehead atoms. The third-order valence-electron chi connectivity index (χ3n) is 4.71. The number of aryl methyl sites for hydroxylation is 1. The van der Waals surface area contributed by atoms with Crippen molar-refractivity contribution >= 4 is 17.2 Å². The first kappa shape index (κ1) is 20.9. The van der Waals surface area contributed by atoms with Gasteiger partial charge < -0.3 is 17.3 Å².